The maximum atomic E-state index is 13.5. The maximum absolute atomic E-state index is 13.5. The summed E-state index contributed by atoms with van der Waals surface area (Å²) >= 11 is 1.25. The summed E-state index contributed by atoms with van der Waals surface area (Å²) in [6.45, 7) is 0. The van der Waals surface area contributed by atoms with Crippen LogP contribution in [0.5, 0.6) is 0 Å². The van der Waals surface area contributed by atoms with Crippen molar-refractivity contribution in [2.45, 2.75) is 12.5 Å². The van der Waals surface area contributed by atoms with Crippen LogP contribution in [0.1, 0.15) is 17.3 Å². The van der Waals surface area contributed by atoms with Gasteiger partial charge in [0.1, 0.15) is 16.9 Å². The van der Waals surface area contributed by atoms with Crippen molar-refractivity contribution in [1.29, 1.82) is 0 Å². The summed E-state index contributed by atoms with van der Waals surface area (Å²) in [6, 6.07) is 7.72. The minimum absolute atomic E-state index is 0.107. The van der Waals surface area contributed by atoms with Gasteiger partial charge in [-0.15, -0.1) is 11.3 Å². The number of amides is 2. The first kappa shape index (κ1) is 20.5. The third kappa shape index (κ3) is 5.00. The number of carbonyl (C=O) groups excluding carboxylic acids is 2. The molecular weight excluding hydrogens is 403 g/mol. The first-order chi connectivity index (χ1) is 13.9. The summed E-state index contributed by atoms with van der Waals surface area (Å²) < 4.78 is 40.1. The smallest absolute Gasteiger partial charge is 0.246 e. The minimum Gasteiger partial charge on any atom is -0.357 e. The van der Waals surface area contributed by atoms with Gasteiger partial charge in [-0.1, -0.05) is 18.2 Å². The maximum Gasteiger partial charge on any atom is 0.246 e. The number of likely N-dealkylation sites (N-methyl/N-ethyl adjacent to an activating group) is 1. The average molecular weight is 419 g/mol. The van der Waals surface area contributed by atoms with E-state index in [9.17, 15) is 22.8 Å². The van der Waals surface area contributed by atoms with E-state index in [-0.39, 0.29) is 12.0 Å². The standard InChI is InChI=1S/C20H16F3N3O2S/c1-24-19(28)18(11-5-6-15(22)16(23)8-11)26-17(27)9-14-10-29-20(25-14)12-3-2-4-13(21)7-12/h2-8,10,18H,9H2,1H3,(H,24,28)(H,26,27). The summed E-state index contributed by atoms with van der Waals surface area (Å²) in [5, 5.41) is 7.09. The van der Waals surface area contributed by atoms with Crippen LogP contribution in [0.3, 0.4) is 0 Å². The highest BCUT2D eigenvalue weighted by Crippen LogP contribution is 2.24. The van der Waals surface area contributed by atoms with Crippen LogP contribution in [-0.4, -0.2) is 23.8 Å². The number of benzene rings is 2. The number of carbonyl (C=O) groups is 2. The predicted molar refractivity (Wildman–Crippen MR) is 103 cm³/mol. The molecule has 5 nitrogen and oxygen atoms in total. The lowest BCUT2D eigenvalue weighted by molar-refractivity contribution is -0.128. The molecular formula is C20H16F3N3O2S. The van der Waals surface area contributed by atoms with Crippen molar-refractivity contribution in [2.24, 2.45) is 0 Å². The molecule has 0 aliphatic rings. The molecule has 1 atom stereocenters. The van der Waals surface area contributed by atoms with Crippen LogP contribution in [0, 0.1) is 17.5 Å². The molecule has 3 aromatic rings. The Morgan fingerprint density at radius 3 is 2.59 bits per heavy atom. The number of aromatic nitrogens is 1. The lowest BCUT2D eigenvalue weighted by Gasteiger charge is -2.17. The van der Waals surface area contributed by atoms with E-state index in [1.165, 1.54) is 36.6 Å². The lowest BCUT2D eigenvalue weighted by atomic mass is 10.1. The zero-order valence-corrected chi connectivity index (χ0v) is 16.0. The fourth-order valence-corrected chi connectivity index (χ4v) is 3.47. The SMILES string of the molecule is CNC(=O)C(NC(=O)Cc1csc(-c2cccc(F)c2)n1)c1ccc(F)c(F)c1. The molecule has 1 heterocycles. The molecule has 0 saturated carbocycles. The molecule has 150 valence electrons. The molecule has 2 amide bonds. The summed E-state index contributed by atoms with van der Waals surface area (Å²) in [5.74, 6) is -3.67. The molecule has 1 unspecified atom stereocenters. The van der Waals surface area contributed by atoms with Gasteiger partial charge in [0.25, 0.3) is 0 Å². The highest BCUT2D eigenvalue weighted by Gasteiger charge is 2.23. The van der Waals surface area contributed by atoms with Gasteiger partial charge < -0.3 is 10.6 Å². The summed E-state index contributed by atoms with van der Waals surface area (Å²) in [6.07, 6.45) is -0.136. The Labute approximate surface area is 168 Å². The molecule has 9 heteroatoms. The molecule has 2 N–H and O–H groups in total. The van der Waals surface area contributed by atoms with Gasteiger partial charge in [0.2, 0.25) is 11.8 Å². The van der Waals surface area contributed by atoms with E-state index in [0.29, 0.717) is 16.3 Å². The van der Waals surface area contributed by atoms with Crippen LogP contribution >= 0.6 is 11.3 Å². The molecule has 0 bridgehead atoms. The van der Waals surface area contributed by atoms with Crippen LogP contribution in [0.25, 0.3) is 10.6 Å². The van der Waals surface area contributed by atoms with Gasteiger partial charge in [-0.05, 0) is 29.8 Å². The van der Waals surface area contributed by atoms with Crippen LogP contribution in [-0.2, 0) is 16.0 Å². The van der Waals surface area contributed by atoms with Gasteiger partial charge in [-0.3, -0.25) is 9.59 Å². The highest BCUT2D eigenvalue weighted by atomic mass is 32.1. The number of hydrogen-bond donors (Lipinski definition) is 2. The normalized spacial score (nSPS) is 11.7. The van der Waals surface area contributed by atoms with E-state index in [4.69, 9.17) is 0 Å². The Hall–Kier alpha value is -3.20. The second-order valence-electron chi connectivity index (χ2n) is 6.12. The first-order valence-electron chi connectivity index (χ1n) is 8.53. The van der Waals surface area contributed by atoms with Crippen molar-refractivity contribution < 1.29 is 22.8 Å². The van der Waals surface area contributed by atoms with E-state index in [1.807, 2.05) is 0 Å². The van der Waals surface area contributed by atoms with Gasteiger partial charge in [-0.2, -0.15) is 0 Å². The second-order valence-corrected chi connectivity index (χ2v) is 6.98. The van der Waals surface area contributed by atoms with E-state index in [1.54, 1.807) is 17.5 Å². The predicted octanol–water partition coefficient (Wildman–Crippen LogP) is 3.37. The van der Waals surface area contributed by atoms with Crippen LogP contribution < -0.4 is 10.6 Å². The van der Waals surface area contributed by atoms with Gasteiger partial charge in [0, 0.05) is 18.0 Å². The third-order valence-corrected chi connectivity index (χ3v) is 5.00. The zero-order valence-electron chi connectivity index (χ0n) is 15.2. The summed E-state index contributed by atoms with van der Waals surface area (Å²) in [4.78, 5) is 28.9. The first-order valence-corrected chi connectivity index (χ1v) is 9.41. The molecule has 29 heavy (non-hydrogen) atoms. The van der Waals surface area contributed by atoms with Crippen LogP contribution in [0.4, 0.5) is 13.2 Å². The molecule has 0 saturated heterocycles. The molecule has 0 aliphatic carbocycles. The molecule has 0 radical (unpaired) electrons. The van der Waals surface area contributed by atoms with Crippen LogP contribution in [0.2, 0.25) is 0 Å². The van der Waals surface area contributed by atoms with Crippen LogP contribution in [0.15, 0.2) is 47.8 Å². The Bertz CT molecular complexity index is 1050. The third-order valence-electron chi connectivity index (χ3n) is 4.06. The Balaban J connectivity index is 1.74. The number of rotatable bonds is 6. The van der Waals surface area contributed by atoms with Gasteiger partial charge in [0.15, 0.2) is 11.6 Å². The monoisotopic (exact) mass is 419 g/mol. The van der Waals surface area contributed by atoms with Crippen molar-refractivity contribution in [2.75, 3.05) is 7.05 Å². The quantitative estimate of drug-likeness (QED) is 0.644. The highest BCUT2D eigenvalue weighted by molar-refractivity contribution is 7.13. The van der Waals surface area contributed by atoms with Crippen molar-refractivity contribution in [3.63, 3.8) is 0 Å². The van der Waals surface area contributed by atoms with Crippen molar-refractivity contribution in [3.8, 4) is 10.6 Å². The van der Waals surface area contributed by atoms with Gasteiger partial charge >= 0.3 is 0 Å². The van der Waals surface area contributed by atoms with Crippen molar-refractivity contribution in [1.82, 2.24) is 15.6 Å². The summed E-state index contributed by atoms with van der Waals surface area (Å²) in [7, 11) is 1.37. The lowest BCUT2D eigenvalue weighted by Crippen LogP contribution is -2.39. The topological polar surface area (TPSA) is 71.1 Å². The number of thiazole rings is 1. The molecule has 0 fully saturated rings. The number of nitrogens with one attached hydrogen (secondary N) is 2. The fraction of sp³-hybridized carbons (Fsp3) is 0.150. The van der Waals surface area contributed by atoms with Gasteiger partial charge in [0.05, 0.1) is 12.1 Å². The van der Waals surface area contributed by atoms with E-state index < -0.39 is 35.3 Å². The Morgan fingerprint density at radius 1 is 1.10 bits per heavy atom. The minimum atomic E-state index is -1.19. The van der Waals surface area contributed by atoms with E-state index >= 15 is 0 Å². The zero-order chi connectivity index (χ0) is 21.0. The molecule has 0 aliphatic heterocycles. The van der Waals surface area contributed by atoms with Crippen molar-refractivity contribution >= 4 is 23.2 Å². The Morgan fingerprint density at radius 2 is 1.90 bits per heavy atom. The molecule has 1 aromatic heterocycles. The number of hydrogen-bond acceptors (Lipinski definition) is 4. The summed E-state index contributed by atoms with van der Waals surface area (Å²) in [5.41, 5.74) is 1.13. The second kappa shape index (κ2) is 8.87. The largest absolute Gasteiger partial charge is 0.357 e. The number of nitrogens with zero attached hydrogens (tertiary/aromatic N) is 1. The van der Waals surface area contributed by atoms with Crippen molar-refractivity contribution in [3.05, 3.63) is 76.6 Å². The molecule has 2 aromatic carbocycles. The molecule has 0 spiro atoms. The Kier molecular flexibility index (Phi) is 6.28. The van der Waals surface area contributed by atoms with E-state index in [0.717, 1.165) is 12.1 Å². The molecule has 3 rings (SSSR count). The fourth-order valence-electron chi connectivity index (χ4n) is 2.66. The van der Waals surface area contributed by atoms with Gasteiger partial charge in [-0.25, -0.2) is 18.2 Å². The number of halogens is 3. The average Bonchev–Trinajstić information content (AvgIpc) is 3.16. The van der Waals surface area contributed by atoms with E-state index in [2.05, 4.69) is 15.6 Å².